The van der Waals surface area contributed by atoms with E-state index in [9.17, 15) is 13.2 Å². The largest absolute Gasteiger partial charge is 0.338 e. The SMILES string of the molecule is CC(C)(C)c1nc(-c2ccc(C(=O)N3CC4(CC(OS(C)(=O)=O)C4)C3)cc2)no1. The maximum Gasteiger partial charge on any atom is 0.264 e. The number of likely N-dealkylation sites (tertiary alicyclic amines) is 1. The van der Waals surface area contributed by atoms with Crippen LogP contribution < -0.4 is 0 Å². The van der Waals surface area contributed by atoms with E-state index in [4.69, 9.17) is 8.71 Å². The summed E-state index contributed by atoms with van der Waals surface area (Å²) in [6, 6.07) is 7.18. The predicted octanol–water partition coefficient (Wildman–Crippen LogP) is 2.61. The van der Waals surface area contributed by atoms with E-state index in [1.165, 1.54) is 0 Å². The molecule has 0 N–H and O–H groups in total. The topological polar surface area (TPSA) is 103 Å². The Hall–Kier alpha value is -2.26. The molecule has 29 heavy (non-hydrogen) atoms. The summed E-state index contributed by atoms with van der Waals surface area (Å²) in [5.41, 5.74) is 1.19. The molecule has 0 bridgehead atoms. The van der Waals surface area contributed by atoms with Gasteiger partial charge in [0.05, 0.1) is 12.4 Å². The van der Waals surface area contributed by atoms with E-state index in [1.54, 1.807) is 17.0 Å². The number of aromatic nitrogens is 2. The molecule has 0 radical (unpaired) electrons. The van der Waals surface area contributed by atoms with E-state index < -0.39 is 10.1 Å². The van der Waals surface area contributed by atoms with Crippen molar-refractivity contribution >= 4 is 16.0 Å². The van der Waals surface area contributed by atoms with Crippen molar-refractivity contribution in [2.24, 2.45) is 5.41 Å². The number of benzene rings is 1. The average molecular weight is 420 g/mol. The highest BCUT2D eigenvalue weighted by molar-refractivity contribution is 7.86. The van der Waals surface area contributed by atoms with Crippen LogP contribution in [-0.2, 0) is 19.7 Å². The first-order valence-electron chi connectivity index (χ1n) is 9.56. The summed E-state index contributed by atoms with van der Waals surface area (Å²) >= 11 is 0. The fourth-order valence-electron chi connectivity index (χ4n) is 3.98. The number of carbonyl (C=O) groups is 1. The van der Waals surface area contributed by atoms with Crippen LogP contribution >= 0.6 is 0 Å². The number of amides is 1. The van der Waals surface area contributed by atoms with Crippen molar-refractivity contribution in [2.75, 3.05) is 19.3 Å². The highest BCUT2D eigenvalue weighted by atomic mass is 32.2. The number of hydrogen-bond donors (Lipinski definition) is 0. The van der Waals surface area contributed by atoms with E-state index in [2.05, 4.69) is 10.1 Å². The summed E-state index contributed by atoms with van der Waals surface area (Å²) in [6.07, 6.45) is 2.17. The molecule has 1 saturated heterocycles. The minimum absolute atomic E-state index is 0.0128. The first-order valence-corrected chi connectivity index (χ1v) is 11.4. The van der Waals surface area contributed by atoms with Crippen LogP contribution in [0.4, 0.5) is 0 Å². The van der Waals surface area contributed by atoms with Gasteiger partial charge < -0.3 is 9.42 Å². The van der Waals surface area contributed by atoms with E-state index in [-0.39, 0.29) is 22.8 Å². The summed E-state index contributed by atoms with van der Waals surface area (Å²) in [4.78, 5) is 18.9. The van der Waals surface area contributed by atoms with Crippen molar-refractivity contribution in [1.82, 2.24) is 15.0 Å². The maximum absolute atomic E-state index is 12.7. The van der Waals surface area contributed by atoms with Gasteiger partial charge >= 0.3 is 0 Å². The van der Waals surface area contributed by atoms with Gasteiger partial charge in [0.25, 0.3) is 16.0 Å². The van der Waals surface area contributed by atoms with Crippen molar-refractivity contribution in [3.05, 3.63) is 35.7 Å². The Labute approximate surface area is 170 Å². The van der Waals surface area contributed by atoms with Crippen molar-refractivity contribution in [3.63, 3.8) is 0 Å². The van der Waals surface area contributed by atoms with E-state index in [0.717, 1.165) is 11.8 Å². The Morgan fingerprint density at radius 1 is 1.21 bits per heavy atom. The van der Waals surface area contributed by atoms with Crippen LogP contribution in [0.2, 0.25) is 0 Å². The second kappa shape index (κ2) is 6.63. The predicted molar refractivity (Wildman–Crippen MR) is 106 cm³/mol. The Bertz CT molecular complexity index is 1020. The van der Waals surface area contributed by atoms with Gasteiger partial charge in [-0.05, 0) is 25.0 Å². The number of rotatable bonds is 4. The zero-order chi connectivity index (χ0) is 21.0. The summed E-state index contributed by atoms with van der Waals surface area (Å²) in [6.45, 7) is 7.28. The van der Waals surface area contributed by atoms with Crippen molar-refractivity contribution in [3.8, 4) is 11.4 Å². The molecule has 0 unspecified atom stereocenters. The third kappa shape index (κ3) is 4.06. The molecule has 2 aromatic rings. The first kappa shape index (κ1) is 20.0. The molecular weight excluding hydrogens is 394 g/mol. The second-order valence-electron chi connectivity index (χ2n) is 9.24. The molecule has 2 heterocycles. The highest BCUT2D eigenvalue weighted by Gasteiger charge is 2.55. The average Bonchev–Trinajstić information content (AvgIpc) is 3.04. The number of nitrogens with zero attached hydrogens (tertiary/aromatic N) is 3. The normalized spacial score (nSPS) is 19.1. The van der Waals surface area contributed by atoms with Crippen LogP contribution in [0.3, 0.4) is 0 Å². The van der Waals surface area contributed by atoms with Gasteiger partial charge in [0.1, 0.15) is 0 Å². The molecule has 1 spiro atoms. The van der Waals surface area contributed by atoms with Gasteiger partial charge in [-0.25, -0.2) is 0 Å². The summed E-state index contributed by atoms with van der Waals surface area (Å²) in [7, 11) is -3.42. The zero-order valence-electron chi connectivity index (χ0n) is 17.0. The lowest BCUT2D eigenvalue weighted by molar-refractivity contribution is -0.101. The standard InChI is InChI=1S/C20H25N3O5S/c1-19(2,3)18-21-16(22-27-18)13-5-7-14(8-6-13)17(24)23-11-20(12-23)9-15(10-20)28-29(4,25)26/h5-8,15H,9-12H2,1-4H3. The van der Waals surface area contributed by atoms with E-state index >= 15 is 0 Å². The lowest BCUT2D eigenvalue weighted by Gasteiger charge is -2.58. The monoisotopic (exact) mass is 419 g/mol. The Morgan fingerprint density at radius 2 is 1.83 bits per heavy atom. The molecule has 1 aliphatic carbocycles. The third-order valence-electron chi connectivity index (χ3n) is 5.43. The summed E-state index contributed by atoms with van der Waals surface area (Å²) in [5, 5.41) is 4.02. The molecule has 1 aromatic carbocycles. The fourth-order valence-corrected chi connectivity index (χ4v) is 4.61. The van der Waals surface area contributed by atoms with Crippen molar-refractivity contribution in [1.29, 1.82) is 0 Å². The highest BCUT2D eigenvalue weighted by Crippen LogP contribution is 2.50. The third-order valence-corrected chi connectivity index (χ3v) is 6.05. The lowest BCUT2D eigenvalue weighted by Crippen LogP contribution is -2.65. The quantitative estimate of drug-likeness (QED) is 0.702. The Kier molecular flexibility index (Phi) is 4.58. The molecule has 8 nitrogen and oxygen atoms in total. The van der Waals surface area contributed by atoms with Crippen LogP contribution in [0.25, 0.3) is 11.4 Å². The van der Waals surface area contributed by atoms with Crippen LogP contribution in [-0.4, -0.2) is 54.8 Å². The van der Waals surface area contributed by atoms with Crippen LogP contribution in [0.5, 0.6) is 0 Å². The molecule has 1 aromatic heterocycles. The van der Waals surface area contributed by atoms with Gasteiger partial charge in [0, 0.05) is 35.0 Å². The summed E-state index contributed by atoms with van der Waals surface area (Å²) in [5.74, 6) is 1.04. The minimum atomic E-state index is -3.42. The molecule has 2 aliphatic rings. The molecule has 9 heteroatoms. The lowest BCUT2D eigenvalue weighted by atomic mass is 9.62. The minimum Gasteiger partial charge on any atom is -0.338 e. The van der Waals surface area contributed by atoms with Gasteiger partial charge in [-0.3, -0.25) is 8.98 Å². The second-order valence-corrected chi connectivity index (χ2v) is 10.8. The van der Waals surface area contributed by atoms with Gasteiger partial charge in [-0.15, -0.1) is 0 Å². The Morgan fingerprint density at radius 3 is 2.34 bits per heavy atom. The van der Waals surface area contributed by atoms with Gasteiger partial charge in [0.2, 0.25) is 11.7 Å². The van der Waals surface area contributed by atoms with Crippen LogP contribution in [0, 0.1) is 5.41 Å². The fraction of sp³-hybridized carbons (Fsp3) is 0.550. The molecule has 1 aliphatic heterocycles. The van der Waals surface area contributed by atoms with Gasteiger partial charge in [-0.2, -0.15) is 13.4 Å². The van der Waals surface area contributed by atoms with Crippen molar-refractivity contribution in [2.45, 2.75) is 45.1 Å². The van der Waals surface area contributed by atoms with Crippen molar-refractivity contribution < 1.29 is 21.9 Å². The molecule has 156 valence electrons. The summed E-state index contributed by atoms with van der Waals surface area (Å²) < 4.78 is 32.7. The first-order chi connectivity index (χ1) is 13.4. The zero-order valence-corrected chi connectivity index (χ0v) is 17.8. The van der Waals surface area contributed by atoms with Gasteiger partial charge in [-0.1, -0.05) is 38.1 Å². The molecular formula is C20H25N3O5S. The van der Waals surface area contributed by atoms with Crippen LogP contribution in [0.1, 0.15) is 49.9 Å². The number of carbonyl (C=O) groups excluding carboxylic acids is 1. The molecule has 4 rings (SSSR count). The molecule has 0 atom stereocenters. The maximum atomic E-state index is 12.7. The smallest absolute Gasteiger partial charge is 0.264 e. The van der Waals surface area contributed by atoms with Gasteiger partial charge in [0.15, 0.2) is 0 Å². The Balaban J connectivity index is 1.35. The van der Waals surface area contributed by atoms with E-state index in [1.807, 2.05) is 32.9 Å². The molecule has 1 amide bonds. The number of hydrogen-bond acceptors (Lipinski definition) is 7. The van der Waals surface area contributed by atoms with E-state index in [0.29, 0.717) is 43.2 Å². The molecule has 2 fully saturated rings. The molecule has 1 saturated carbocycles. The van der Waals surface area contributed by atoms with Crippen LogP contribution in [0.15, 0.2) is 28.8 Å².